The van der Waals surface area contributed by atoms with Gasteiger partial charge in [-0.15, -0.1) is 10.2 Å². The molecule has 3 rings (SSSR count). The molecule has 0 saturated carbocycles. The van der Waals surface area contributed by atoms with Gasteiger partial charge in [-0.25, -0.2) is 4.79 Å². The topological polar surface area (TPSA) is 66.3 Å². The van der Waals surface area contributed by atoms with Gasteiger partial charge >= 0.3 is 6.03 Å². The molecule has 2 aromatic rings. The molecule has 0 bridgehead atoms. The van der Waals surface area contributed by atoms with Crippen LogP contribution in [0, 0.1) is 0 Å². The van der Waals surface area contributed by atoms with E-state index in [9.17, 15) is 4.79 Å². The smallest absolute Gasteiger partial charge is 0.318 e. The number of piperazine rings is 1. The number of aryl methyl sites for hydroxylation is 1. The molecule has 128 valence electrons. The standard InChI is InChI=1S/C17H24N6O/c1-13(16-20-18-12-22(16)3)19-17(24)23-10-9-21(2)11-15(23)14-7-5-4-6-8-14/h4-8,12-13,15H,9-11H2,1-3H3,(H,19,24)/t13-,15+/m0/s1. The molecule has 0 radical (unpaired) electrons. The number of urea groups is 1. The van der Waals surface area contributed by atoms with E-state index in [1.165, 1.54) is 0 Å². The summed E-state index contributed by atoms with van der Waals surface area (Å²) in [5, 5.41) is 11.0. The molecule has 7 nitrogen and oxygen atoms in total. The molecule has 2 heterocycles. The Balaban J connectivity index is 1.75. The Bertz CT molecular complexity index is 685. The Morgan fingerprint density at radius 3 is 2.67 bits per heavy atom. The largest absolute Gasteiger partial charge is 0.328 e. The minimum atomic E-state index is -0.193. The van der Waals surface area contributed by atoms with Crippen molar-refractivity contribution in [1.82, 2.24) is 29.9 Å². The number of amides is 2. The summed E-state index contributed by atoms with van der Waals surface area (Å²) in [5.74, 6) is 0.744. The van der Waals surface area contributed by atoms with Gasteiger partial charge in [0, 0.05) is 26.7 Å². The van der Waals surface area contributed by atoms with Crippen molar-refractivity contribution in [3.63, 3.8) is 0 Å². The number of nitrogens with one attached hydrogen (secondary N) is 1. The van der Waals surface area contributed by atoms with Gasteiger partial charge in [-0.05, 0) is 19.5 Å². The van der Waals surface area contributed by atoms with Crippen LogP contribution >= 0.6 is 0 Å². The fourth-order valence-corrected chi connectivity index (χ4v) is 3.14. The summed E-state index contributed by atoms with van der Waals surface area (Å²) in [6.07, 6.45) is 1.64. The highest BCUT2D eigenvalue weighted by molar-refractivity contribution is 5.75. The summed E-state index contributed by atoms with van der Waals surface area (Å²) in [7, 11) is 3.97. The third-order valence-corrected chi connectivity index (χ3v) is 4.50. The van der Waals surface area contributed by atoms with Crippen LogP contribution in [-0.2, 0) is 7.05 Å². The van der Waals surface area contributed by atoms with Crippen molar-refractivity contribution >= 4 is 6.03 Å². The molecule has 2 amide bonds. The molecule has 0 spiro atoms. The summed E-state index contributed by atoms with van der Waals surface area (Å²) in [6.45, 7) is 4.33. The Kier molecular flexibility index (Phi) is 4.80. The SMILES string of the molecule is C[C@H](NC(=O)N1CCN(C)C[C@@H]1c1ccccc1)c1nncn1C. The van der Waals surface area contributed by atoms with Gasteiger partial charge in [0.25, 0.3) is 0 Å². The predicted octanol–water partition coefficient (Wildman–Crippen LogP) is 1.57. The van der Waals surface area contributed by atoms with Crippen molar-refractivity contribution in [3.8, 4) is 0 Å². The first-order valence-electron chi connectivity index (χ1n) is 8.20. The number of benzene rings is 1. The van der Waals surface area contributed by atoms with Crippen molar-refractivity contribution < 1.29 is 4.79 Å². The molecular formula is C17H24N6O. The van der Waals surface area contributed by atoms with Crippen molar-refractivity contribution in [1.29, 1.82) is 0 Å². The second kappa shape index (κ2) is 7.00. The first-order valence-corrected chi connectivity index (χ1v) is 8.20. The molecule has 1 aromatic carbocycles. The zero-order valence-electron chi connectivity index (χ0n) is 14.4. The number of rotatable bonds is 3. The Labute approximate surface area is 142 Å². The fourth-order valence-electron chi connectivity index (χ4n) is 3.14. The highest BCUT2D eigenvalue weighted by Crippen LogP contribution is 2.25. The molecule has 1 N–H and O–H groups in total. The second-order valence-corrected chi connectivity index (χ2v) is 6.35. The maximum Gasteiger partial charge on any atom is 0.318 e. The summed E-state index contributed by atoms with van der Waals surface area (Å²) in [5.41, 5.74) is 1.16. The van der Waals surface area contributed by atoms with Gasteiger partial charge in [0.05, 0.1) is 12.1 Å². The Hall–Kier alpha value is -2.41. The predicted molar refractivity (Wildman–Crippen MR) is 91.3 cm³/mol. The van der Waals surface area contributed by atoms with Crippen LogP contribution in [-0.4, -0.2) is 57.3 Å². The molecule has 7 heteroatoms. The maximum absolute atomic E-state index is 12.8. The van der Waals surface area contributed by atoms with E-state index in [0.717, 1.165) is 24.5 Å². The molecule has 24 heavy (non-hydrogen) atoms. The van der Waals surface area contributed by atoms with E-state index in [-0.39, 0.29) is 18.1 Å². The molecule has 1 aliphatic rings. The third kappa shape index (κ3) is 3.41. The number of hydrogen-bond donors (Lipinski definition) is 1. The van der Waals surface area contributed by atoms with Crippen molar-refractivity contribution in [2.45, 2.75) is 19.0 Å². The quantitative estimate of drug-likeness (QED) is 0.929. The monoisotopic (exact) mass is 328 g/mol. The van der Waals surface area contributed by atoms with E-state index in [1.54, 1.807) is 6.33 Å². The number of likely N-dealkylation sites (N-methyl/N-ethyl adjacent to an activating group) is 1. The summed E-state index contributed by atoms with van der Waals surface area (Å²) in [6, 6.07) is 9.98. The van der Waals surface area contributed by atoms with Crippen LogP contribution in [0.25, 0.3) is 0 Å². The molecule has 1 aliphatic heterocycles. The van der Waals surface area contributed by atoms with Crippen molar-refractivity contribution in [2.24, 2.45) is 7.05 Å². The van der Waals surface area contributed by atoms with Crippen LogP contribution < -0.4 is 5.32 Å². The summed E-state index contributed by atoms with van der Waals surface area (Å²) in [4.78, 5) is 17.0. The second-order valence-electron chi connectivity index (χ2n) is 6.35. The average Bonchev–Trinajstić information content (AvgIpc) is 3.01. The Morgan fingerprint density at radius 1 is 1.25 bits per heavy atom. The van der Waals surface area contributed by atoms with Gasteiger partial charge in [-0.3, -0.25) is 0 Å². The van der Waals surface area contributed by atoms with Crippen LogP contribution in [0.4, 0.5) is 4.79 Å². The first-order chi connectivity index (χ1) is 11.6. The van der Waals surface area contributed by atoms with Gasteiger partial charge < -0.3 is 19.7 Å². The van der Waals surface area contributed by atoms with E-state index < -0.39 is 0 Å². The minimum absolute atomic E-state index is 0.0525. The third-order valence-electron chi connectivity index (χ3n) is 4.50. The van der Waals surface area contributed by atoms with Crippen molar-refractivity contribution in [2.75, 3.05) is 26.7 Å². The van der Waals surface area contributed by atoms with E-state index in [2.05, 4.69) is 39.6 Å². The van der Waals surface area contributed by atoms with Gasteiger partial charge in [-0.1, -0.05) is 30.3 Å². The first kappa shape index (κ1) is 16.4. The van der Waals surface area contributed by atoms with E-state index >= 15 is 0 Å². The summed E-state index contributed by atoms with van der Waals surface area (Å²) < 4.78 is 1.82. The van der Waals surface area contributed by atoms with E-state index in [4.69, 9.17) is 0 Å². The van der Waals surface area contributed by atoms with Crippen molar-refractivity contribution in [3.05, 3.63) is 48.0 Å². The highest BCUT2D eigenvalue weighted by Gasteiger charge is 2.31. The lowest BCUT2D eigenvalue weighted by Gasteiger charge is -2.40. The summed E-state index contributed by atoms with van der Waals surface area (Å²) >= 11 is 0. The van der Waals surface area contributed by atoms with E-state index in [0.29, 0.717) is 6.54 Å². The van der Waals surface area contributed by atoms with Crippen LogP contribution in [0.15, 0.2) is 36.7 Å². The van der Waals surface area contributed by atoms with Crippen LogP contribution in [0.1, 0.15) is 30.4 Å². The van der Waals surface area contributed by atoms with Gasteiger partial charge in [0.15, 0.2) is 5.82 Å². The lowest BCUT2D eigenvalue weighted by Crippen LogP contribution is -2.52. The lowest BCUT2D eigenvalue weighted by atomic mass is 10.0. The van der Waals surface area contributed by atoms with Gasteiger partial charge in [-0.2, -0.15) is 0 Å². The average molecular weight is 328 g/mol. The maximum atomic E-state index is 12.8. The van der Waals surface area contributed by atoms with Gasteiger partial charge in [0.1, 0.15) is 6.33 Å². The number of hydrogen-bond acceptors (Lipinski definition) is 4. The molecule has 1 saturated heterocycles. The molecule has 2 atom stereocenters. The molecule has 1 fully saturated rings. The zero-order valence-corrected chi connectivity index (χ0v) is 14.4. The van der Waals surface area contributed by atoms with Crippen LogP contribution in [0.2, 0.25) is 0 Å². The highest BCUT2D eigenvalue weighted by atomic mass is 16.2. The number of carbonyl (C=O) groups is 1. The molecular weight excluding hydrogens is 304 g/mol. The molecule has 0 aliphatic carbocycles. The van der Waals surface area contributed by atoms with Gasteiger partial charge in [0.2, 0.25) is 0 Å². The normalized spacial score (nSPS) is 20.0. The van der Waals surface area contributed by atoms with E-state index in [1.807, 2.05) is 41.6 Å². The van der Waals surface area contributed by atoms with Crippen LogP contribution in [0.3, 0.4) is 0 Å². The number of aromatic nitrogens is 3. The Morgan fingerprint density at radius 2 is 2.00 bits per heavy atom. The fraction of sp³-hybridized carbons (Fsp3) is 0.471. The number of carbonyl (C=O) groups excluding carboxylic acids is 1. The zero-order chi connectivity index (χ0) is 17.1. The molecule has 1 aromatic heterocycles. The number of nitrogens with zero attached hydrogens (tertiary/aromatic N) is 5. The molecule has 0 unspecified atom stereocenters. The van der Waals surface area contributed by atoms with Crippen LogP contribution in [0.5, 0.6) is 0 Å². The lowest BCUT2D eigenvalue weighted by molar-refractivity contribution is 0.107. The minimum Gasteiger partial charge on any atom is -0.328 e.